The molecular weight excluding hydrogens is 438 g/mol. The number of fused-ring (bicyclic) bond motifs is 8. The molecule has 1 aliphatic heterocycles. The van der Waals surface area contributed by atoms with E-state index in [4.69, 9.17) is 14.5 Å². The first-order chi connectivity index (χ1) is 16.0. The number of aliphatic imine (C=N–C) groups is 1. The van der Waals surface area contributed by atoms with Crippen molar-refractivity contribution >= 4 is 35.1 Å². The lowest BCUT2D eigenvalue weighted by Crippen LogP contribution is -2.59. The molecule has 1 fully saturated rings. The molecule has 0 aromatic heterocycles. The molecule has 2 aromatic rings. The van der Waals surface area contributed by atoms with Crippen LogP contribution in [0.2, 0.25) is 0 Å². The molecule has 4 atom stereocenters. The SMILES string of the molecule is COC(=O)C1=NN[C@@]2(C(=NCc3ccc(SC)cc3)C(=O)OC)[C@H]3C[C@H](c4ccccc43)[C@H]12. The predicted octanol–water partition coefficient (Wildman–Crippen LogP) is 3.29. The van der Waals surface area contributed by atoms with Crippen LogP contribution in [-0.4, -0.2) is 49.4 Å². The van der Waals surface area contributed by atoms with Crippen molar-refractivity contribution in [3.05, 3.63) is 65.2 Å². The summed E-state index contributed by atoms with van der Waals surface area (Å²) in [6.45, 7) is 0.321. The van der Waals surface area contributed by atoms with Crippen LogP contribution < -0.4 is 5.43 Å². The number of hydrazone groups is 1. The molecule has 0 amide bonds. The molecule has 170 valence electrons. The summed E-state index contributed by atoms with van der Waals surface area (Å²) in [7, 11) is 2.70. The van der Waals surface area contributed by atoms with E-state index in [1.54, 1.807) is 11.8 Å². The van der Waals surface area contributed by atoms with E-state index in [0.717, 1.165) is 22.4 Å². The maximum absolute atomic E-state index is 13.1. The monoisotopic (exact) mass is 463 g/mol. The zero-order valence-electron chi connectivity index (χ0n) is 18.7. The van der Waals surface area contributed by atoms with Crippen LogP contribution in [0.15, 0.2) is 63.5 Å². The normalized spacial score (nSPS) is 26.8. The first-order valence-corrected chi connectivity index (χ1v) is 12.1. The summed E-state index contributed by atoms with van der Waals surface area (Å²) < 4.78 is 10.2. The number of carbonyl (C=O) groups excluding carboxylic acids is 2. The Kier molecular flexibility index (Phi) is 5.48. The van der Waals surface area contributed by atoms with Gasteiger partial charge in [0.2, 0.25) is 0 Å². The van der Waals surface area contributed by atoms with Crippen LogP contribution >= 0.6 is 11.8 Å². The molecule has 5 rings (SSSR count). The average Bonchev–Trinajstić information content (AvgIpc) is 3.53. The van der Waals surface area contributed by atoms with E-state index in [1.807, 2.05) is 42.7 Å². The maximum Gasteiger partial charge on any atom is 0.354 e. The predicted molar refractivity (Wildman–Crippen MR) is 127 cm³/mol. The van der Waals surface area contributed by atoms with Gasteiger partial charge in [0.1, 0.15) is 11.3 Å². The molecular formula is C25H25N3O4S. The van der Waals surface area contributed by atoms with E-state index in [9.17, 15) is 9.59 Å². The molecule has 0 saturated heterocycles. The van der Waals surface area contributed by atoms with E-state index < -0.39 is 17.5 Å². The number of hydrogen-bond donors (Lipinski definition) is 1. The maximum atomic E-state index is 13.1. The fourth-order valence-electron chi connectivity index (χ4n) is 5.74. The van der Waals surface area contributed by atoms with Crippen molar-refractivity contribution in [3.63, 3.8) is 0 Å². The standard InChI is InChI=1S/C25H25N3O4S/c1-31-23(29)21-20-18-12-19(17-7-5-4-6-16(17)18)25(20,28-27-21)22(24(30)32-2)26-13-14-8-10-15(33-3)11-9-14/h4-11,18-20,28H,12-13H2,1-3H3/t18-,19+,20-,25+/m1/s1. The van der Waals surface area contributed by atoms with Gasteiger partial charge in [0, 0.05) is 16.7 Å². The molecule has 0 unspecified atom stereocenters. The second-order valence-electron chi connectivity index (χ2n) is 8.48. The second-order valence-corrected chi connectivity index (χ2v) is 9.35. The van der Waals surface area contributed by atoms with E-state index in [2.05, 4.69) is 22.7 Å². The number of nitrogens with one attached hydrogen (secondary N) is 1. The topological polar surface area (TPSA) is 89.4 Å². The van der Waals surface area contributed by atoms with Crippen LogP contribution in [0.4, 0.5) is 0 Å². The van der Waals surface area contributed by atoms with Gasteiger partial charge < -0.3 is 9.47 Å². The second kappa shape index (κ2) is 8.33. The molecule has 8 heteroatoms. The Labute approximate surface area is 196 Å². The molecule has 1 heterocycles. The number of nitrogens with zero attached hydrogens (tertiary/aromatic N) is 2. The molecule has 3 aliphatic rings. The lowest BCUT2D eigenvalue weighted by molar-refractivity contribution is -0.134. The number of hydrogen-bond acceptors (Lipinski definition) is 8. The van der Waals surface area contributed by atoms with Gasteiger partial charge >= 0.3 is 11.9 Å². The summed E-state index contributed by atoms with van der Waals surface area (Å²) in [5.41, 5.74) is 6.16. The van der Waals surface area contributed by atoms with E-state index in [-0.39, 0.29) is 23.5 Å². The van der Waals surface area contributed by atoms with Crippen molar-refractivity contribution in [2.24, 2.45) is 16.0 Å². The summed E-state index contributed by atoms with van der Waals surface area (Å²) in [5.74, 6) is -1.39. The fraction of sp³-hybridized carbons (Fsp3) is 0.360. The van der Waals surface area contributed by atoms with Gasteiger partial charge in [0.05, 0.1) is 20.8 Å². The number of ether oxygens (including phenoxy) is 2. The van der Waals surface area contributed by atoms with Gasteiger partial charge in [-0.3, -0.25) is 10.4 Å². The first-order valence-electron chi connectivity index (χ1n) is 10.8. The smallest absolute Gasteiger partial charge is 0.354 e. The van der Waals surface area contributed by atoms with E-state index in [1.165, 1.54) is 19.8 Å². The number of esters is 2. The van der Waals surface area contributed by atoms with Crippen molar-refractivity contribution in [2.45, 2.75) is 35.2 Å². The van der Waals surface area contributed by atoms with Gasteiger partial charge in [-0.25, -0.2) is 9.59 Å². The van der Waals surface area contributed by atoms with Crippen LogP contribution in [0.1, 0.15) is 34.9 Å². The molecule has 0 spiro atoms. The highest BCUT2D eigenvalue weighted by Crippen LogP contribution is 2.63. The average molecular weight is 464 g/mol. The van der Waals surface area contributed by atoms with Crippen LogP contribution in [-0.2, 0) is 25.6 Å². The minimum absolute atomic E-state index is 0.0368. The quantitative estimate of drug-likeness (QED) is 0.402. The Hall–Kier alpha value is -3.13. The van der Waals surface area contributed by atoms with Crippen molar-refractivity contribution < 1.29 is 19.1 Å². The van der Waals surface area contributed by atoms with E-state index in [0.29, 0.717) is 12.3 Å². The molecule has 2 bridgehead atoms. The summed E-state index contributed by atoms with van der Waals surface area (Å²) in [5, 5.41) is 4.40. The van der Waals surface area contributed by atoms with Crippen LogP contribution in [0.25, 0.3) is 0 Å². The number of methoxy groups -OCH3 is 2. The number of benzene rings is 2. The molecule has 2 aliphatic carbocycles. The van der Waals surface area contributed by atoms with Gasteiger partial charge in [0.15, 0.2) is 5.71 Å². The highest BCUT2D eigenvalue weighted by atomic mass is 32.2. The highest BCUT2D eigenvalue weighted by molar-refractivity contribution is 7.98. The summed E-state index contributed by atoms with van der Waals surface area (Å²) in [4.78, 5) is 31.7. The zero-order valence-corrected chi connectivity index (χ0v) is 19.5. The van der Waals surface area contributed by atoms with Gasteiger partial charge in [-0.15, -0.1) is 11.8 Å². The van der Waals surface area contributed by atoms with Crippen LogP contribution in [0.5, 0.6) is 0 Å². The fourth-order valence-corrected chi connectivity index (χ4v) is 6.14. The van der Waals surface area contributed by atoms with Crippen LogP contribution in [0.3, 0.4) is 0 Å². The van der Waals surface area contributed by atoms with Crippen molar-refractivity contribution in [2.75, 3.05) is 20.5 Å². The minimum Gasteiger partial charge on any atom is -0.464 e. The summed E-state index contributed by atoms with van der Waals surface area (Å²) >= 11 is 1.67. The Morgan fingerprint density at radius 2 is 1.85 bits per heavy atom. The lowest BCUT2D eigenvalue weighted by Gasteiger charge is -2.39. The third kappa shape index (κ3) is 3.19. The summed E-state index contributed by atoms with van der Waals surface area (Å²) in [6, 6.07) is 16.3. The highest BCUT2D eigenvalue weighted by Gasteiger charge is 2.69. The molecule has 7 nitrogen and oxygen atoms in total. The molecule has 33 heavy (non-hydrogen) atoms. The minimum atomic E-state index is -0.950. The van der Waals surface area contributed by atoms with Gasteiger partial charge in [-0.05, 0) is 47.4 Å². The zero-order chi connectivity index (χ0) is 23.2. The van der Waals surface area contributed by atoms with Gasteiger partial charge in [-0.2, -0.15) is 5.10 Å². The Balaban J connectivity index is 1.61. The third-order valence-electron chi connectivity index (χ3n) is 7.10. The molecule has 1 saturated carbocycles. The van der Waals surface area contributed by atoms with Crippen molar-refractivity contribution in [3.8, 4) is 0 Å². The van der Waals surface area contributed by atoms with Crippen LogP contribution in [0, 0.1) is 5.92 Å². The summed E-state index contributed by atoms with van der Waals surface area (Å²) in [6.07, 6.45) is 2.82. The van der Waals surface area contributed by atoms with Crippen molar-refractivity contribution in [1.82, 2.24) is 5.43 Å². The largest absolute Gasteiger partial charge is 0.464 e. The third-order valence-corrected chi connectivity index (χ3v) is 7.85. The molecule has 1 N–H and O–H groups in total. The van der Waals surface area contributed by atoms with Gasteiger partial charge in [0.25, 0.3) is 0 Å². The molecule has 2 aromatic carbocycles. The van der Waals surface area contributed by atoms with Crippen molar-refractivity contribution in [1.29, 1.82) is 0 Å². The first kappa shape index (κ1) is 21.7. The Morgan fingerprint density at radius 3 is 2.52 bits per heavy atom. The van der Waals surface area contributed by atoms with Gasteiger partial charge in [-0.1, -0.05) is 36.4 Å². The number of thioether (sulfide) groups is 1. The molecule has 0 radical (unpaired) electrons. The number of rotatable bonds is 6. The lowest BCUT2D eigenvalue weighted by atomic mass is 9.67. The van der Waals surface area contributed by atoms with E-state index >= 15 is 0 Å². The Bertz CT molecular complexity index is 1180. The number of carbonyl (C=O) groups is 2. The Morgan fingerprint density at radius 1 is 1.12 bits per heavy atom.